The summed E-state index contributed by atoms with van der Waals surface area (Å²) < 4.78 is 13.2. The first-order valence-corrected chi connectivity index (χ1v) is 6.41. The maximum absolute atomic E-state index is 13.2. The molecule has 16 heavy (non-hydrogen) atoms. The summed E-state index contributed by atoms with van der Waals surface area (Å²) >= 11 is 1.40. The van der Waals surface area contributed by atoms with E-state index in [4.69, 9.17) is 0 Å². The van der Waals surface area contributed by atoms with Crippen molar-refractivity contribution in [3.8, 4) is 0 Å². The second-order valence-corrected chi connectivity index (χ2v) is 4.90. The molecular weight excluding hydrogens is 225 g/mol. The summed E-state index contributed by atoms with van der Waals surface area (Å²) in [7, 11) is 0. The molecule has 0 aliphatic carbocycles. The second kappa shape index (κ2) is 5.34. The number of benzene rings is 1. The molecule has 2 rings (SSSR count). The highest BCUT2D eigenvalue weighted by Gasteiger charge is 2.19. The maximum Gasteiger partial charge on any atom is 0.223 e. The van der Waals surface area contributed by atoms with Gasteiger partial charge < -0.3 is 4.90 Å². The fraction of sp³-hybridized carbons (Fsp3) is 0.417. The van der Waals surface area contributed by atoms with E-state index in [1.54, 1.807) is 12.1 Å². The zero-order chi connectivity index (χ0) is 11.4. The van der Waals surface area contributed by atoms with Crippen molar-refractivity contribution in [1.29, 1.82) is 0 Å². The first-order valence-electron chi connectivity index (χ1n) is 5.42. The third-order valence-electron chi connectivity index (χ3n) is 2.62. The second-order valence-electron chi connectivity index (χ2n) is 3.76. The highest BCUT2D eigenvalue weighted by atomic mass is 32.2. The Hall–Kier alpha value is -1.03. The minimum absolute atomic E-state index is 0.190. The first-order chi connectivity index (χ1) is 7.77. The summed E-state index contributed by atoms with van der Waals surface area (Å²) in [6.07, 6.45) is 1.62. The zero-order valence-electron chi connectivity index (χ0n) is 8.99. The summed E-state index contributed by atoms with van der Waals surface area (Å²) in [5, 5.41) is 0. The fourth-order valence-corrected chi connectivity index (χ4v) is 2.41. The van der Waals surface area contributed by atoms with Gasteiger partial charge in [0.1, 0.15) is 5.82 Å². The van der Waals surface area contributed by atoms with Crippen LogP contribution >= 0.6 is 11.8 Å². The van der Waals surface area contributed by atoms with Gasteiger partial charge in [0.05, 0.1) is 0 Å². The Balaban J connectivity index is 1.75. The van der Waals surface area contributed by atoms with Crippen molar-refractivity contribution in [3.63, 3.8) is 0 Å². The molecule has 2 nitrogen and oxygen atoms in total. The molecule has 1 amide bonds. The lowest BCUT2D eigenvalue weighted by Crippen LogP contribution is -2.42. The average molecular weight is 239 g/mol. The van der Waals surface area contributed by atoms with Crippen molar-refractivity contribution in [3.05, 3.63) is 30.1 Å². The van der Waals surface area contributed by atoms with E-state index in [1.165, 1.54) is 17.8 Å². The van der Waals surface area contributed by atoms with Gasteiger partial charge in [-0.15, -0.1) is 11.8 Å². The van der Waals surface area contributed by atoms with E-state index in [-0.39, 0.29) is 11.7 Å². The van der Waals surface area contributed by atoms with Gasteiger partial charge in [-0.1, -0.05) is 12.1 Å². The fourth-order valence-electron chi connectivity index (χ4n) is 1.53. The van der Waals surface area contributed by atoms with Crippen molar-refractivity contribution in [2.24, 2.45) is 0 Å². The Morgan fingerprint density at radius 3 is 2.75 bits per heavy atom. The number of thioether (sulfide) groups is 1. The van der Waals surface area contributed by atoms with Crippen LogP contribution in [0.2, 0.25) is 0 Å². The summed E-state index contributed by atoms with van der Waals surface area (Å²) in [5.74, 6) is 0.634. The number of rotatable bonds is 4. The minimum Gasteiger partial charge on any atom is -0.343 e. The Bertz CT molecular complexity index is 379. The Kier molecular flexibility index (Phi) is 3.83. The molecule has 1 aliphatic rings. The molecule has 1 aliphatic heterocycles. The standard InChI is InChI=1S/C12H14FNOS/c13-10-4-1-2-5-11(10)16-9-6-12(15)14-7-3-8-14/h1-2,4-5H,3,6-9H2. The highest BCUT2D eigenvalue weighted by molar-refractivity contribution is 7.99. The van der Waals surface area contributed by atoms with Gasteiger partial charge in [-0.05, 0) is 18.6 Å². The normalized spacial score (nSPS) is 14.7. The van der Waals surface area contributed by atoms with Crippen molar-refractivity contribution < 1.29 is 9.18 Å². The maximum atomic E-state index is 13.2. The molecule has 4 heteroatoms. The summed E-state index contributed by atoms with van der Waals surface area (Å²) in [6.45, 7) is 1.78. The molecule has 0 atom stereocenters. The number of carbonyl (C=O) groups is 1. The largest absolute Gasteiger partial charge is 0.343 e. The van der Waals surface area contributed by atoms with Crippen LogP contribution in [0.1, 0.15) is 12.8 Å². The number of likely N-dealkylation sites (tertiary alicyclic amines) is 1. The van der Waals surface area contributed by atoms with E-state index < -0.39 is 0 Å². The van der Waals surface area contributed by atoms with Crippen LogP contribution in [0.4, 0.5) is 4.39 Å². The van der Waals surface area contributed by atoms with Gasteiger partial charge in [0, 0.05) is 30.2 Å². The molecule has 1 aromatic carbocycles. The van der Waals surface area contributed by atoms with Crippen molar-refractivity contribution in [2.45, 2.75) is 17.7 Å². The van der Waals surface area contributed by atoms with E-state index in [0.717, 1.165) is 19.5 Å². The van der Waals surface area contributed by atoms with Gasteiger partial charge in [-0.25, -0.2) is 4.39 Å². The predicted molar refractivity (Wildman–Crippen MR) is 62.9 cm³/mol. The number of hydrogen-bond acceptors (Lipinski definition) is 2. The van der Waals surface area contributed by atoms with E-state index in [9.17, 15) is 9.18 Å². The third kappa shape index (κ3) is 2.76. The smallest absolute Gasteiger partial charge is 0.223 e. The molecule has 0 saturated carbocycles. The Labute approximate surface area is 98.8 Å². The van der Waals surface area contributed by atoms with Gasteiger partial charge in [-0.3, -0.25) is 4.79 Å². The van der Waals surface area contributed by atoms with E-state index in [1.807, 2.05) is 11.0 Å². The number of carbonyl (C=O) groups excluding carboxylic acids is 1. The monoisotopic (exact) mass is 239 g/mol. The van der Waals surface area contributed by atoms with E-state index in [2.05, 4.69) is 0 Å². The molecule has 0 unspecified atom stereocenters. The van der Waals surface area contributed by atoms with Gasteiger partial charge in [0.25, 0.3) is 0 Å². The van der Waals surface area contributed by atoms with Gasteiger partial charge in [-0.2, -0.15) is 0 Å². The van der Waals surface area contributed by atoms with Crippen molar-refractivity contribution in [2.75, 3.05) is 18.8 Å². The highest BCUT2D eigenvalue weighted by Crippen LogP contribution is 2.22. The lowest BCUT2D eigenvalue weighted by molar-refractivity contribution is -0.134. The lowest BCUT2D eigenvalue weighted by atomic mass is 10.2. The molecule has 0 N–H and O–H groups in total. The van der Waals surface area contributed by atoms with Crippen LogP contribution in [-0.2, 0) is 4.79 Å². The first kappa shape index (κ1) is 11.5. The van der Waals surface area contributed by atoms with Crippen LogP contribution < -0.4 is 0 Å². The van der Waals surface area contributed by atoms with Gasteiger partial charge >= 0.3 is 0 Å². The number of hydrogen-bond donors (Lipinski definition) is 0. The number of amides is 1. The van der Waals surface area contributed by atoms with Crippen LogP contribution in [-0.4, -0.2) is 29.6 Å². The summed E-state index contributed by atoms with van der Waals surface area (Å²) in [6, 6.07) is 6.67. The van der Waals surface area contributed by atoms with Crippen LogP contribution in [0.3, 0.4) is 0 Å². The average Bonchev–Trinajstić information content (AvgIpc) is 2.18. The molecule has 0 radical (unpaired) electrons. The number of halogens is 1. The molecule has 86 valence electrons. The Morgan fingerprint density at radius 1 is 1.38 bits per heavy atom. The molecule has 1 fully saturated rings. The minimum atomic E-state index is -0.205. The van der Waals surface area contributed by atoms with E-state index >= 15 is 0 Å². The van der Waals surface area contributed by atoms with Gasteiger partial charge in [0.15, 0.2) is 0 Å². The SMILES string of the molecule is O=C(CCSc1ccccc1F)N1CCC1. The molecule has 0 spiro atoms. The molecule has 0 bridgehead atoms. The number of nitrogens with zero attached hydrogens (tertiary/aromatic N) is 1. The molecule has 0 aromatic heterocycles. The van der Waals surface area contributed by atoms with Crippen molar-refractivity contribution in [1.82, 2.24) is 4.90 Å². The van der Waals surface area contributed by atoms with Crippen LogP contribution in [0.5, 0.6) is 0 Å². The Morgan fingerprint density at radius 2 is 2.12 bits per heavy atom. The quantitative estimate of drug-likeness (QED) is 0.753. The third-order valence-corrected chi connectivity index (χ3v) is 3.67. The summed E-state index contributed by atoms with van der Waals surface area (Å²) in [5.41, 5.74) is 0. The van der Waals surface area contributed by atoms with Crippen LogP contribution in [0.15, 0.2) is 29.2 Å². The predicted octanol–water partition coefficient (Wildman–Crippen LogP) is 2.54. The van der Waals surface area contributed by atoms with Gasteiger partial charge in [0.2, 0.25) is 5.91 Å². The molecule has 1 saturated heterocycles. The van der Waals surface area contributed by atoms with Crippen molar-refractivity contribution >= 4 is 17.7 Å². The van der Waals surface area contributed by atoms with Crippen LogP contribution in [0, 0.1) is 5.82 Å². The van der Waals surface area contributed by atoms with Crippen LogP contribution in [0.25, 0.3) is 0 Å². The molecule has 1 aromatic rings. The molecule has 1 heterocycles. The van der Waals surface area contributed by atoms with E-state index in [0.29, 0.717) is 17.1 Å². The summed E-state index contributed by atoms with van der Waals surface area (Å²) in [4.78, 5) is 14.0. The lowest BCUT2D eigenvalue weighted by Gasteiger charge is -2.30. The zero-order valence-corrected chi connectivity index (χ0v) is 9.80. The topological polar surface area (TPSA) is 20.3 Å². The molecular formula is C12H14FNOS.